The van der Waals surface area contributed by atoms with Gasteiger partial charge in [-0.05, 0) is 29.8 Å². The molecule has 0 fully saturated rings. The van der Waals surface area contributed by atoms with Crippen LogP contribution in [0.15, 0.2) is 48.5 Å². The van der Waals surface area contributed by atoms with Crippen LogP contribution in [0.25, 0.3) is 0 Å². The SMILES string of the molecule is CS(=O)(=O)Cc1ccc(C(=O)NNC(=O)CN2C(=O)COc3ccccc32)cc1. The van der Waals surface area contributed by atoms with E-state index in [1.54, 1.807) is 24.3 Å². The van der Waals surface area contributed by atoms with Gasteiger partial charge in [0.1, 0.15) is 12.3 Å². The minimum absolute atomic E-state index is 0.124. The molecule has 0 aliphatic carbocycles. The molecule has 0 atom stereocenters. The first kappa shape index (κ1) is 20.3. The van der Waals surface area contributed by atoms with Gasteiger partial charge in [-0.15, -0.1) is 0 Å². The number of carbonyl (C=O) groups is 3. The molecule has 2 aromatic rings. The predicted molar refractivity (Wildman–Crippen MR) is 105 cm³/mol. The summed E-state index contributed by atoms with van der Waals surface area (Å²) >= 11 is 0. The van der Waals surface area contributed by atoms with Crippen LogP contribution in [0.5, 0.6) is 5.75 Å². The van der Waals surface area contributed by atoms with Crippen LogP contribution >= 0.6 is 0 Å². The second-order valence-corrected chi connectivity index (χ2v) is 8.65. The van der Waals surface area contributed by atoms with Crippen molar-refractivity contribution in [1.29, 1.82) is 0 Å². The molecule has 1 aliphatic rings. The zero-order valence-corrected chi connectivity index (χ0v) is 16.4. The van der Waals surface area contributed by atoms with Gasteiger partial charge in [0, 0.05) is 11.8 Å². The van der Waals surface area contributed by atoms with Crippen molar-refractivity contribution in [1.82, 2.24) is 10.9 Å². The van der Waals surface area contributed by atoms with Crippen LogP contribution in [0.4, 0.5) is 5.69 Å². The molecular weight excluding hydrogens is 398 g/mol. The molecule has 0 saturated heterocycles. The van der Waals surface area contributed by atoms with Gasteiger partial charge in [0.2, 0.25) is 0 Å². The van der Waals surface area contributed by atoms with Crippen molar-refractivity contribution in [2.75, 3.05) is 24.3 Å². The third-order valence-electron chi connectivity index (χ3n) is 4.07. The smallest absolute Gasteiger partial charge is 0.269 e. The summed E-state index contributed by atoms with van der Waals surface area (Å²) < 4.78 is 27.9. The molecule has 2 N–H and O–H groups in total. The first-order chi connectivity index (χ1) is 13.7. The standard InChI is InChI=1S/C19H19N3O6S/c1-29(26,27)12-13-6-8-14(9-7-13)19(25)21-20-17(23)10-22-15-4-2-3-5-16(15)28-11-18(22)24/h2-9H,10-12H2,1H3,(H,20,23)(H,21,25). The first-order valence-electron chi connectivity index (χ1n) is 8.61. The van der Waals surface area contributed by atoms with E-state index in [1.807, 2.05) is 0 Å². The monoisotopic (exact) mass is 417 g/mol. The number of benzene rings is 2. The molecule has 2 aromatic carbocycles. The van der Waals surface area contributed by atoms with Crippen molar-refractivity contribution < 1.29 is 27.5 Å². The fourth-order valence-corrected chi connectivity index (χ4v) is 3.56. The van der Waals surface area contributed by atoms with Crippen LogP contribution in [-0.4, -0.2) is 45.5 Å². The van der Waals surface area contributed by atoms with Crippen LogP contribution in [-0.2, 0) is 25.2 Å². The van der Waals surface area contributed by atoms with Crippen molar-refractivity contribution in [3.05, 3.63) is 59.7 Å². The Morgan fingerprint density at radius 2 is 1.76 bits per heavy atom. The Morgan fingerprint density at radius 3 is 2.45 bits per heavy atom. The molecule has 3 rings (SSSR count). The lowest BCUT2D eigenvalue weighted by atomic mass is 10.1. The molecule has 0 radical (unpaired) electrons. The van der Waals surface area contributed by atoms with Gasteiger partial charge in [0.15, 0.2) is 16.4 Å². The number of nitrogens with zero attached hydrogens (tertiary/aromatic N) is 1. The summed E-state index contributed by atoms with van der Waals surface area (Å²) in [4.78, 5) is 37.7. The molecule has 1 aliphatic heterocycles. The molecule has 0 aromatic heterocycles. The molecule has 0 spiro atoms. The number of carbonyl (C=O) groups excluding carboxylic acids is 3. The van der Waals surface area contributed by atoms with Crippen LogP contribution in [0.2, 0.25) is 0 Å². The maximum Gasteiger partial charge on any atom is 0.269 e. The molecule has 10 heteroatoms. The van der Waals surface area contributed by atoms with Gasteiger partial charge in [-0.1, -0.05) is 24.3 Å². The second-order valence-electron chi connectivity index (χ2n) is 6.51. The van der Waals surface area contributed by atoms with Gasteiger partial charge in [-0.25, -0.2) is 8.42 Å². The Morgan fingerprint density at radius 1 is 1.07 bits per heavy atom. The third kappa shape index (κ3) is 5.32. The molecule has 3 amide bonds. The van der Waals surface area contributed by atoms with Gasteiger partial charge < -0.3 is 4.74 Å². The van der Waals surface area contributed by atoms with Crippen LogP contribution in [0.3, 0.4) is 0 Å². The zero-order chi connectivity index (χ0) is 21.0. The van der Waals surface area contributed by atoms with E-state index in [4.69, 9.17) is 4.74 Å². The van der Waals surface area contributed by atoms with E-state index in [2.05, 4.69) is 10.9 Å². The number of fused-ring (bicyclic) bond motifs is 1. The summed E-state index contributed by atoms with van der Waals surface area (Å²) in [6.45, 7) is -0.455. The molecular formula is C19H19N3O6S. The Hall–Kier alpha value is -3.40. The van der Waals surface area contributed by atoms with E-state index >= 15 is 0 Å². The van der Waals surface area contributed by atoms with Crippen molar-refractivity contribution in [2.24, 2.45) is 0 Å². The summed E-state index contributed by atoms with van der Waals surface area (Å²) in [6, 6.07) is 12.8. The van der Waals surface area contributed by atoms with Crippen molar-refractivity contribution in [3.63, 3.8) is 0 Å². The number of amides is 3. The predicted octanol–water partition coefficient (Wildman–Crippen LogP) is 0.418. The van der Waals surface area contributed by atoms with Crippen molar-refractivity contribution in [3.8, 4) is 5.75 Å². The van der Waals surface area contributed by atoms with Gasteiger partial charge in [-0.2, -0.15) is 0 Å². The number of hydrazine groups is 1. The fourth-order valence-electron chi connectivity index (χ4n) is 2.76. The highest BCUT2D eigenvalue weighted by Crippen LogP contribution is 2.31. The topological polar surface area (TPSA) is 122 Å². The molecule has 29 heavy (non-hydrogen) atoms. The minimum atomic E-state index is -3.17. The largest absolute Gasteiger partial charge is 0.482 e. The maximum absolute atomic E-state index is 12.2. The van der Waals surface area contributed by atoms with E-state index in [0.29, 0.717) is 17.0 Å². The number of anilines is 1. The normalized spacial score (nSPS) is 13.3. The van der Waals surface area contributed by atoms with Gasteiger partial charge >= 0.3 is 0 Å². The minimum Gasteiger partial charge on any atom is -0.482 e. The highest BCUT2D eigenvalue weighted by atomic mass is 32.2. The molecule has 1 heterocycles. The van der Waals surface area contributed by atoms with Crippen LogP contribution in [0, 0.1) is 0 Å². The Labute approximate surface area is 167 Å². The quantitative estimate of drug-likeness (QED) is 0.680. The van der Waals surface area contributed by atoms with E-state index in [-0.39, 0.29) is 30.4 Å². The number of hydrogen-bond acceptors (Lipinski definition) is 6. The zero-order valence-electron chi connectivity index (χ0n) is 15.5. The van der Waals surface area contributed by atoms with Crippen molar-refractivity contribution in [2.45, 2.75) is 5.75 Å². The highest BCUT2D eigenvalue weighted by molar-refractivity contribution is 7.89. The van der Waals surface area contributed by atoms with E-state index in [0.717, 1.165) is 6.26 Å². The number of rotatable bonds is 5. The van der Waals surface area contributed by atoms with Crippen molar-refractivity contribution >= 4 is 33.2 Å². The third-order valence-corrected chi connectivity index (χ3v) is 4.93. The number of para-hydroxylation sites is 2. The number of sulfone groups is 1. The molecule has 152 valence electrons. The van der Waals surface area contributed by atoms with Gasteiger partial charge in [0.25, 0.3) is 17.7 Å². The summed E-state index contributed by atoms with van der Waals surface area (Å²) in [5.41, 5.74) is 5.81. The number of hydrogen-bond donors (Lipinski definition) is 2. The van der Waals surface area contributed by atoms with Gasteiger partial charge in [0.05, 0.1) is 11.4 Å². The molecule has 0 bridgehead atoms. The Kier molecular flexibility index (Phi) is 5.83. The van der Waals surface area contributed by atoms with E-state index in [1.165, 1.54) is 29.2 Å². The lowest BCUT2D eigenvalue weighted by Gasteiger charge is -2.28. The maximum atomic E-state index is 12.2. The van der Waals surface area contributed by atoms with Gasteiger partial charge in [-0.3, -0.25) is 30.1 Å². The molecule has 9 nitrogen and oxygen atoms in total. The number of ether oxygens (including phenoxy) is 1. The van der Waals surface area contributed by atoms with E-state index in [9.17, 15) is 22.8 Å². The summed E-state index contributed by atoms with van der Waals surface area (Å²) in [5, 5.41) is 0. The Bertz CT molecular complexity index is 1050. The summed E-state index contributed by atoms with van der Waals surface area (Å²) in [7, 11) is -3.17. The Balaban J connectivity index is 1.57. The first-order valence-corrected chi connectivity index (χ1v) is 10.7. The summed E-state index contributed by atoms with van der Waals surface area (Å²) in [6.07, 6.45) is 1.13. The van der Waals surface area contributed by atoms with Crippen LogP contribution in [0.1, 0.15) is 15.9 Å². The highest BCUT2D eigenvalue weighted by Gasteiger charge is 2.27. The molecule has 0 saturated carbocycles. The fraction of sp³-hybridized carbons (Fsp3) is 0.211. The number of nitrogens with one attached hydrogen (secondary N) is 2. The average Bonchev–Trinajstić information content (AvgIpc) is 2.68. The molecule has 0 unspecified atom stereocenters. The van der Waals surface area contributed by atoms with E-state index < -0.39 is 21.7 Å². The second kappa shape index (κ2) is 8.31. The summed E-state index contributed by atoms with van der Waals surface area (Å²) in [5.74, 6) is -1.15. The lowest BCUT2D eigenvalue weighted by molar-refractivity contribution is -0.125. The lowest BCUT2D eigenvalue weighted by Crippen LogP contribution is -2.49. The average molecular weight is 417 g/mol. The van der Waals surface area contributed by atoms with Crippen LogP contribution < -0.4 is 20.5 Å².